The summed E-state index contributed by atoms with van der Waals surface area (Å²) < 4.78 is 31.8. The number of nitrogens with one attached hydrogen (secondary N) is 3. The minimum absolute atomic E-state index is 0.0849. The van der Waals surface area contributed by atoms with Gasteiger partial charge in [-0.05, 0) is 67.3 Å². The van der Waals surface area contributed by atoms with Crippen LogP contribution in [0.4, 0.5) is 5.69 Å². The first-order valence-electron chi connectivity index (χ1n) is 15.8. The number of rotatable bonds is 16. The summed E-state index contributed by atoms with van der Waals surface area (Å²) in [5.74, 6) is -0.292. The van der Waals surface area contributed by atoms with Crippen LogP contribution in [0.3, 0.4) is 0 Å². The Bertz CT molecular complexity index is 1770. The number of ether oxygens (including phenoxy) is 1. The molecule has 2 amide bonds. The van der Waals surface area contributed by atoms with Gasteiger partial charge in [0.05, 0.1) is 37.2 Å². The molecule has 3 atom stereocenters. The molecule has 4 N–H and O–H groups in total. The standard InChI is InChI=1S/C37H44N4O6S/c1-5-41(48(4,45)46)32-22-30(36(43)39-26(2)29-16-10-7-11-17-29)21-31(23-32)37(44)40-34(20-27-13-8-6-9-14-27)35(42)25-38-24-28-15-12-18-33(19-28)47-3/h6-19,21-23,26,34-35,38,42H,5,20,24-25H2,1-4H3,(H,39,43)(H,40,44)/t26-,34+,35-/m1/s1. The summed E-state index contributed by atoms with van der Waals surface area (Å²) in [6.07, 6.45) is 0.423. The van der Waals surface area contributed by atoms with Crippen molar-refractivity contribution in [2.45, 2.75) is 45.0 Å². The van der Waals surface area contributed by atoms with Gasteiger partial charge in [0.1, 0.15) is 5.75 Å². The van der Waals surface area contributed by atoms with Gasteiger partial charge in [-0.1, -0.05) is 72.8 Å². The van der Waals surface area contributed by atoms with Crippen molar-refractivity contribution in [2.24, 2.45) is 0 Å². The molecule has 0 fully saturated rings. The predicted molar refractivity (Wildman–Crippen MR) is 189 cm³/mol. The number of benzene rings is 4. The Morgan fingerprint density at radius 2 is 1.44 bits per heavy atom. The van der Waals surface area contributed by atoms with Crippen molar-refractivity contribution in [2.75, 3.05) is 30.8 Å². The smallest absolute Gasteiger partial charge is 0.251 e. The number of aliphatic hydroxyl groups excluding tert-OH is 1. The summed E-state index contributed by atoms with van der Waals surface area (Å²) in [5.41, 5.74) is 3.17. The van der Waals surface area contributed by atoms with Crippen LogP contribution in [0.5, 0.6) is 5.75 Å². The lowest BCUT2D eigenvalue weighted by molar-refractivity contribution is 0.0830. The SMILES string of the molecule is CCN(c1cc(C(=O)N[C@@H](Cc2ccccc2)[C@H](O)CNCc2cccc(OC)c2)cc(C(=O)N[C@H](C)c2ccccc2)c1)S(C)(=O)=O. The number of amides is 2. The summed E-state index contributed by atoms with van der Waals surface area (Å²) in [4.78, 5) is 27.4. The van der Waals surface area contributed by atoms with E-state index < -0.39 is 34.0 Å². The normalized spacial score (nSPS) is 13.2. The zero-order chi connectivity index (χ0) is 34.7. The lowest BCUT2D eigenvalue weighted by atomic mass is 9.99. The minimum Gasteiger partial charge on any atom is -0.497 e. The largest absolute Gasteiger partial charge is 0.497 e. The number of aliphatic hydroxyl groups is 1. The molecule has 0 heterocycles. The van der Waals surface area contributed by atoms with Crippen LogP contribution in [-0.4, -0.2) is 63.9 Å². The van der Waals surface area contributed by atoms with Crippen LogP contribution in [0.15, 0.2) is 103 Å². The van der Waals surface area contributed by atoms with Gasteiger partial charge >= 0.3 is 0 Å². The van der Waals surface area contributed by atoms with Crippen LogP contribution in [0.25, 0.3) is 0 Å². The number of carbonyl (C=O) groups is 2. The van der Waals surface area contributed by atoms with Crippen molar-refractivity contribution < 1.29 is 27.9 Å². The third-order valence-electron chi connectivity index (χ3n) is 7.96. The fraction of sp³-hybridized carbons (Fsp3) is 0.297. The van der Waals surface area contributed by atoms with E-state index in [1.54, 1.807) is 14.0 Å². The molecular formula is C37H44N4O6S. The van der Waals surface area contributed by atoms with Crippen molar-refractivity contribution in [1.29, 1.82) is 0 Å². The van der Waals surface area contributed by atoms with Gasteiger partial charge in [0.25, 0.3) is 11.8 Å². The number of sulfonamides is 1. The Balaban J connectivity index is 1.60. The molecular weight excluding hydrogens is 628 g/mol. The Hall–Kier alpha value is -4.71. The molecule has 0 saturated heterocycles. The lowest BCUT2D eigenvalue weighted by Crippen LogP contribution is -2.48. The van der Waals surface area contributed by atoms with E-state index >= 15 is 0 Å². The highest BCUT2D eigenvalue weighted by atomic mass is 32.2. The third-order valence-corrected chi connectivity index (χ3v) is 9.23. The Labute approximate surface area is 283 Å². The average molecular weight is 673 g/mol. The van der Waals surface area contributed by atoms with Crippen LogP contribution in [0, 0.1) is 0 Å². The second-order valence-electron chi connectivity index (χ2n) is 11.6. The molecule has 4 aromatic carbocycles. The van der Waals surface area contributed by atoms with Crippen molar-refractivity contribution in [3.63, 3.8) is 0 Å². The van der Waals surface area contributed by atoms with Gasteiger partial charge < -0.3 is 25.8 Å². The van der Waals surface area contributed by atoms with Gasteiger partial charge in [-0.25, -0.2) is 8.42 Å². The summed E-state index contributed by atoms with van der Waals surface area (Å²) in [6.45, 7) is 4.27. The van der Waals surface area contributed by atoms with Gasteiger partial charge in [-0.2, -0.15) is 0 Å². The summed E-state index contributed by atoms with van der Waals surface area (Å²) in [5, 5.41) is 20.5. The first kappa shape index (κ1) is 36.1. The lowest BCUT2D eigenvalue weighted by Gasteiger charge is -2.26. The van der Waals surface area contributed by atoms with Gasteiger partial charge in [-0.3, -0.25) is 13.9 Å². The van der Waals surface area contributed by atoms with Crippen LogP contribution in [0.2, 0.25) is 0 Å². The summed E-state index contributed by atoms with van der Waals surface area (Å²) >= 11 is 0. The molecule has 254 valence electrons. The maximum atomic E-state index is 13.9. The van der Waals surface area contributed by atoms with E-state index in [0.29, 0.717) is 13.0 Å². The van der Waals surface area contributed by atoms with Gasteiger partial charge in [0, 0.05) is 30.8 Å². The fourth-order valence-electron chi connectivity index (χ4n) is 5.42. The highest BCUT2D eigenvalue weighted by Gasteiger charge is 2.25. The number of nitrogens with zero attached hydrogens (tertiary/aromatic N) is 1. The molecule has 0 unspecified atom stereocenters. The molecule has 0 aliphatic rings. The van der Waals surface area contributed by atoms with E-state index in [-0.39, 0.29) is 35.9 Å². The first-order chi connectivity index (χ1) is 23.0. The molecule has 0 spiro atoms. The van der Waals surface area contributed by atoms with E-state index in [0.717, 1.165) is 33.0 Å². The van der Waals surface area contributed by atoms with Crippen molar-refractivity contribution in [3.8, 4) is 5.75 Å². The molecule has 4 aromatic rings. The van der Waals surface area contributed by atoms with Gasteiger partial charge in [0.15, 0.2) is 0 Å². The van der Waals surface area contributed by atoms with E-state index in [1.807, 2.05) is 91.9 Å². The predicted octanol–water partition coefficient (Wildman–Crippen LogP) is 4.46. The molecule has 0 saturated carbocycles. The minimum atomic E-state index is -3.72. The average Bonchev–Trinajstić information content (AvgIpc) is 3.08. The van der Waals surface area contributed by atoms with Crippen LogP contribution < -0.4 is 25.0 Å². The number of hydrogen-bond donors (Lipinski definition) is 4. The molecule has 0 bridgehead atoms. The topological polar surface area (TPSA) is 137 Å². The fourth-order valence-corrected chi connectivity index (χ4v) is 6.38. The highest BCUT2D eigenvalue weighted by Crippen LogP contribution is 2.23. The third kappa shape index (κ3) is 10.1. The van der Waals surface area contributed by atoms with Crippen molar-refractivity contribution >= 4 is 27.5 Å². The summed E-state index contributed by atoms with van der Waals surface area (Å²) in [7, 11) is -2.12. The Kier molecular flexibility index (Phi) is 12.7. The number of anilines is 1. The Morgan fingerprint density at radius 1 is 0.833 bits per heavy atom. The van der Waals surface area contributed by atoms with E-state index in [4.69, 9.17) is 4.74 Å². The molecule has 48 heavy (non-hydrogen) atoms. The van der Waals surface area contributed by atoms with E-state index in [2.05, 4.69) is 16.0 Å². The molecule has 11 heteroatoms. The molecule has 10 nitrogen and oxygen atoms in total. The first-order valence-corrected chi connectivity index (χ1v) is 17.7. The van der Waals surface area contributed by atoms with Gasteiger partial charge in [0.2, 0.25) is 10.0 Å². The maximum absolute atomic E-state index is 13.9. The zero-order valence-electron chi connectivity index (χ0n) is 27.7. The molecule has 0 aromatic heterocycles. The summed E-state index contributed by atoms with van der Waals surface area (Å²) in [6, 6.07) is 29.8. The zero-order valence-corrected chi connectivity index (χ0v) is 28.5. The van der Waals surface area contributed by atoms with Crippen LogP contribution in [-0.2, 0) is 23.0 Å². The number of hydrogen-bond acceptors (Lipinski definition) is 7. The molecule has 0 radical (unpaired) electrons. The highest BCUT2D eigenvalue weighted by molar-refractivity contribution is 7.92. The molecule has 0 aliphatic carbocycles. The monoisotopic (exact) mass is 672 g/mol. The quantitative estimate of drug-likeness (QED) is 0.138. The van der Waals surface area contributed by atoms with Crippen LogP contribution >= 0.6 is 0 Å². The van der Waals surface area contributed by atoms with Crippen LogP contribution in [0.1, 0.15) is 57.3 Å². The second-order valence-corrected chi connectivity index (χ2v) is 13.5. The second kappa shape index (κ2) is 16.9. The van der Waals surface area contributed by atoms with Crippen molar-refractivity contribution in [3.05, 3.63) is 131 Å². The van der Waals surface area contributed by atoms with Crippen molar-refractivity contribution in [1.82, 2.24) is 16.0 Å². The maximum Gasteiger partial charge on any atom is 0.251 e. The van der Waals surface area contributed by atoms with E-state index in [1.165, 1.54) is 18.2 Å². The molecule has 0 aliphatic heterocycles. The number of carbonyl (C=O) groups excluding carboxylic acids is 2. The van der Waals surface area contributed by atoms with Gasteiger partial charge in [-0.15, -0.1) is 0 Å². The Morgan fingerprint density at radius 3 is 2.04 bits per heavy atom. The number of methoxy groups -OCH3 is 1. The molecule has 4 rings (SSSR count). The van der Waals surface area contributed by atoms with E-state index in [9.17, 15) is 23.1 Å².